The summed E-state index contributed by atoms with van der Waals surface area (Å²) in [6.07, 6.45) is 7.27. The number of hydrogen-bond acceptors (Lipinski definition) is 3. The Kier molecular flexibility index (Phi) is 7.04. The predicted molar refractivity (Wildman–Crippen MR) is 135 cm³/mol. The molecular formula is C28H31ClN2O2. The molecule has 1 aromatic heterocycles. The van der Waals surface area contributed by atoms with Gasteiger partial charge in [-0.3, -0.25) is 4.79 Å². The van der Waals surface area contributed by atoms with Crippen LogP contribution in [0.5, 0.6) is 5.88 Å². The molecular weight excluding hydrogens is 432 g/mol. The van der Waals surface area contributed by atoms with E-state index in [-0.39, 0.29) is 11.7 Å². The van der Waals surface area contributed by atoms with Crippen LogP contribution in [0.3, 0.4) is 0 Å². The molecule has 0 saturated carbocycles. The summed E-state index contributed by atoms with van der Waals surface area (Å²) in [5.41, 5.74) is 7.48. The number of fused-ring (bicyclic) bond motifs is 1. The highest BCUT2D eigenvalue weighted by Crippen LogP contribution is 2.37. The summed E-state index contributed by atoms with van der Waals surface area (Å²) in [4.78, 5) is 13.8. The van der Waals surface area contributed by atoms with Gasteiger partial charge in [0.15, 0.2) is 5.78 Å². The van der Waals surface area contributed by atoms with Crippen LogP contribution in [0.1, 0.15) is 61.8 Å². The zero-order valence-electron chi connectivity index (χ0n) is 19.7. The number of ether oxygens (including phenoxy) is 1. The standard InChI is InChI=1S/C28H31ClN2O2/c1-5-17(3)25-15-19(26-16-30-31-28(26)33-4)10-12-24(25)23(6-2)27(32)20-8-7-18-9-11-22(29)14-21(18)13-20/h6,9-12,14-17,20H,5,7-8,13H2,1-4H3,(H,30,31)/b23-6+. The fourth-order valence-corrected chi connectivity index (χ4v) is 5.03. The molecule has 4 nitrogen and oxygen atoms in total. The summed E-state index contributed by atoms with van der Waals surface area (Å²) in [7, 11) is 1.63. The number of nitrogens with one attached hydrogen (secondary N) is 1. The second kappa shape index (κ2) is 9.96. The van der Waals surface area contributed by atoms with Gasteiger partial charge in [-0.05, 0) is 78.5 Å². The van der Waals surface area contributed by atoms with Crippen molar-refractivity contribution in [2.24, 2.45) is 5.92 Å². The third-order valence-corrected chi connectivity index (χ3v) is 7.16. The number of halogens is 1. The van der Waals surface area contributed by atoms with Gasteiger partial charge in [0, 0.05) is 16.5 Å². The molecule has 0 aliphatic heterocycles. The van der Waals surface area contributed by atoms with Gasteiger partial charge in [0.05, 0.1) is 18.9 Å². The number of nitrogens with zero attached hydrogens (tertiary/aromatic N) is 1. The predicted octanol–water partition coefficient (Wildman–Crippen LogP) is 7.03. The zero-order valence-corrected chi connectivity index (χ0v) is 20.5. The molecule has 172 valence electrons. The molecule has 5 heteroatoms. The molecule has 2 aromatic carbocycles. The van der Waals surface area contributed by atoms with Gasteiger partial charge in [-0.15, -0.1) is 0 Å². The Hall–Kier alpha value is -2.85. The van der Waals surface area contributed by atoms with Gasteiger partial charge in [0.2, 0.25) is 5.88 Å². The van der Waals surface area contributed by atoms with Crippen LogP contribution in [0.15, 0.2) is 48.7 Å². The highest BCUT2D eigenvalue weighted by molar-refractivity contribution is 6.30. The maximum Gasteiger partial charge on any atom is 0.216 e. The number of hydrogen-bond donors (Lipinski definition) is 1. The molecule has 2 unspecified atom stereocenters. The van der Waals surface area contributed by atoms with Crippen LogP contribution in [-0.4, -0.2) is 23.1 Å². The summed E-state index contributed by atoms with van der Waals surface area (Å²) in [6.45, 7) is 6.36. The molecule has 0 spiro atoms. The second-order valence-electron chi connectivity index (χ2n) is 8.85. The maximum absolute atomic E-state index is 13.8. The zero-order chi connectivity index (χ0) is 23.5. The molecule has 0 fully saturated rings. The molecule has 1 aliphatic rings. The number of carbonyl (C=O) groups excluding carboxylic acids is 1. The number of Topliss-reactive ketones (excluding diaryl/α,β-unsaturated/α-hetero) is 1. The normalized spacial score (nSPS) is 16.9. The first kappa shape index (κ1) is 23.3. The van der Waals surface area contributed by atoms with E-state index in [0.29, 0.717) is 11.8 Å². The molecule has 0 bridgehead atoms. The van der Waals surface area contributed by atoms with Crippen molar-refractivity contribution in [1.82, 2.24) is 10.2 Å². The molecule has 1 heterocycles. The number of aryl methyl sites for hydroxylation is 1. The molecule has 0 saturated heterocycles. The van der Waals surface area contributed by atoms with Crippen LogP contribution in [-0.2, 0) is 17.6 Å². The first-order valence-electron chi connectivity index (χ1n) is 11.7. The van der Waals surface area contributed by atoms with Gasteiger partial charge >= 0.3 is 0 Å². The highest BCUT2D eigenvalue weighted by Gasteiger charge is 2.29. The van der Waals surface area contributed by atoms with E-state index in [1.165, 1.54) is 16.7 Å². The lowest BCUT2D eigenvalue weighted by Gasteiger charge is -2.26. The van der Waals surface area contributed by atoms with Crippen molar-refractivity contribution in [2.45, 2.75) is 52.4 Å². The lowest BCUT2D eigenvalue weighted by atomic mass is 9.77. The minimum Gasteiger partial charge on any atom is -0.481 e. The van der Waals surface area contributed by atoms with Crippen molar-refractivity contribution >= 4 is 23.0 Å². The quantitative estimate of drug-likeness (QED) is 0.383. The van der Waals surface area contributed by atoms with E-state index in [2.05, 4.69) is 48.3 Å². The van der Waals surface area contributed by atoms with Gasteiger partial charge in [-0.2, -0.15) is 5.10 Å². The number of ketones is 1. The number of rotatable bonds is 7. The average Bonchev–Trinajstić information content (AvgIpc) is 3.32. The Bertz CT molecular complexity index is 1190. The van der Waals surface area contributed by atoms with Crippen LogP contribution < -0.4 is 4.74 Å². The number of allylic oxidation sites excluding steroid dienone is 2. The maximum atomic E-state index is 13.8. The van der Waals surface area contributed by atoms with Crippen LogP contribution in [0.25, 0.3) is 16.7 Å². The Balaban J connectivity index is 1.69. The van der Waals surface area contributed by atoms with E-state index in [1.54, 1.807) is 13.3 Å². The van der Waals surface area contributed by atoms with E-state index in [4.69, 9.17) is 16.3 Å². The number of benzene rings is 2. The van der Waals surface area contributed by atoms with Crippen molar-refractivity contribution in [1.29, 1.82) is 0 Å². The molecule has 3 aromatic rings. The summed E-state index contributed by atoms with van der Waals surface area (Å²) in [5.74, 6) is 1.15. The van der Waals surface area contributed by atoms with Gasteiger partial charge < -0.3 is 4.74 Å². The van der Waals surface area contributed by atoms with Crippen molar-refractivity contribution in [3.63, 3.8) is 0 Å². The molecule has 0 amide bonds. The fraction of sp³-hybridized carbons (Fsp3) is 0.357. The van der Waals surface area contributed by atoms with Crippen LogP contribution in [0.4, 0.5) is 0 Å². The number of H-pyrrole nitrogens is 1. The smallest absolute Gasteiger partial charge is 0.216 e. The van der Waals surface area contributed by atoms with E-state index in [1.807, 2.05) is 25.1 Å². The highest BCUT2D eigenvalue weighted by atomic mass is 35.5. The van der Waals surface area contributed by atoms with Crippen molar-refractivity contribution in [2.75, 3.05) is 7.11 Å². The van der Waals surface area contributed by atoms with Gasteiger partial charge in [0.1, 0.15) is 0 Å². The number of carbonyl (C=O) groups is 1. The minimum atomic E-state index is -0.0272. The van der Waals surface area contributed by atoms with Crippen molar-refractivity contribution in [3.8, 4) is 17.0 Å². The van der Waals surface area contributed by atoms with Gasteiger partial charge in [-0.1, -0.05) is 55.8 Å². The third-order valence-electron chi connectivity index (χ3n) is 6.93. The van der Waals surface area contributed by atoms with E-state index >= 15 is 0 Å². The number of aromatic amines is 1. The summed E-state index contributed by atoms with van der Waals surface area (Å²) in [5, 5.41) is 7.75. The fourth-order valence-electron chi connectivity index (χ4n) is 4.84. The molecule has 2 atom stereocenters. The lowest BCUT2D eigenvalue weighted by Crippen LogP contribution is -2.24. The van der Waals surface area contributed by atoms with Crippen LogP contribution >= 0.6 is 11.6 Å². The van der Waals surface area contributed by atoms with Gasteiger partial charge in [-0.25, -0.2) is 5.10 Å². The van der Waals surface area contributed by atoms with Crippen molar-refractivity contribution in [3.05, 3.63) is 75.9 Å². The minimum absolute atomic E-state index is 0.0272. The number of methoxy groups -OCH3 is 1. The third kappa shape index (κ3) is 4.63. The van der Waals surface area contributed by atoms with Gasteiger partial charge in [0.25, 0.3) is 0 Å². The first-order chi connectivity index (χ1) is 16.0. The van der Waals surface area contributed by atoms with Crippen molar-refractivity contribution < 1.29 is 9.53 Å². The Morgan fingerprint density at radius 3 is 2.82 bits per heavy atom. The molecule has 4 rings (SSSR count). The Labute approximate surface area is 201 Å². The molecule has 0 radical (unpaired) electrons. The van der Waals surface area contributed by atoms with E-state index in [0.717, 1.165) is 53.0 Å². The largest absolute Gasteiger partial charge is 0.481 e. The molecule has 1 aliphatic carbocycles. The topological polar surface area (TPSA) is 55.0 Å². The first-order valence-corrected chi connectivity index (χ1v) is 12.0. The Morgan fingerprint density at radius 1 is 1.27 bits per heavy atom. The van der Waals surface area contributed by atoms with E-state index < -0.39 is 0 Å². The Morgan fingerprint density at radius 2 is 2.09 bits per heavy atom. The number of aromatic nitrogens is 2. The summed E-state index contributed by atoms with van der Waals surface area (Å²) < 4.78 is 5.43. The SMILES string of the molecule is C/C=C(/C(=O)C1CCc2ccc(Cl)cc2C1)c1ccc(-c2cn[nH]c2OC)cc1C(C)CC. The summed E-state index contributed by atoms with van der Waals surface area (Å²) in [6, 6.07) is 12.4. The average molecular weight is 463 g/mol. The van der Waals surface area contributed by atoms with Crippen LogP contribution in [0.2, 0.25) is 5.02 Å². The lowest BCUT2D eigenvalue weighted by molar-refractivity contribution is -0.117. The molecule has 1 N–H and O–H groups in total. The van der Waals surface area contributed by atoms with E-state index in [9.17, 15) is 4.79 Å². The monoisotopic (exact) mass is 462 g/mol. The molecule has 33 heavy (non-hydrogen) atoms. The second-order valence-corrected chi connectivity index (χ2v) is 9.28. The van der Waals surface area contributed by atoms with Crippen LogP contribution in [0, 0.1) is 5.92 Å². The summed E-state index contributed by atoms with van der Waals surface area (Å²) >= 11 is 6.23.